The zero-order valence-corrected chi connectivity index (χ0v) is 12.8. The van der Waals surface area contributed by atoms with Gasteiger partial charge in [-0.1, -0.05) is 22.0 Å². The number of fused-ring (bicyclic) bond motifs is 1. The largest absolute Gasteiger partial charge is 0.338 e. The van der Waals surface area contributed by atoms with E-state index in [4.69, 9.17) is 4.98 Å². The number of nitrogens with zero attached hydrogens (tertiary/aromatic N) is 1. The summed E-state index contributed by atoms with van der Waals surface area (Å²) in [4.78, 5) is 8.13. The number of rotatable bonds is 1. The summed E-state index contributed by atoms with van der Waals surface area (Å²) in [6.07, 6.45) is 0. The number of benzene rings is 2. The van der Waals surface area contributed by atoms with Crippen LogP contribution in [0, 0.1) is 20.8 Å². The minimum Gasteiger partial charge on any atom is -0.338 e. The van der Waals surface area contributed by atoms with Gasteiger partial charge in [0.15, 0.2) is 0 Å². The van der Waals surface area contributed by atoms with Gasteiger partial charge in [0.2, 0.25) is 0 Å². The lowest BCUT2D eigenvalue weighted by atomic mass is 10.1. The van der Waals surface area contributed by atoms with E-state index in [1.807, 2.05) is 0 Å². The smallest absolute Gasteiger partial charge is 0.138 e. The molecular formula is C16H15BrN2. The van der Waals surface area contributed by atoms with Gasteiger partial charge in [-0.25, -0.2) is 4.98 Å². The summed E-state index contributed by atoms with van der Waals surface area (Å²) in [5.74, 6) is 0.929. The Kier molecular flexibility index (Phi) is 2.94. The Labute approximate surface area is 121 Å². The number of aromatic nitrogens is 2. The third kappa shape index (κ3) is 2.19. The number of H-pyrrole nitrogens is 1. The fraction of sp³-hybridized carbons (Fsp3) is 0.188. The van der Waals surface area contributed by atoms with Gasteiger partial charge in [-0.3, -0.25) is 0 Å². The quantitative estimate of drug-likeness (QED) is 0.678. The Bertz CT molecular complexity index is 733. The highest BCUT2D eigenvalue weighted by molar-refractivity contribution is 9.10. The maximum atomic E-state index is 4.71. The average molecular weight is 315 g/mol. The van der Waals surface area contributed by atoms with E-state index in [1.54, 1.807) is 0 Å². The Balaban J connectivity index is 2.23. The molecule has 0 atom stereocenters. The Hall–Kier alpha value is -1.61. The van der Waals surface area contributed by atoms with E-state index in [0.29, 0.717) is 0 Å². The lowest BCUT2D eigenvalue weighted by Gasteiger charge is -2.02. The number of hydrogen-bond acceptors (Lipinski definition) is 1. The molecule has 1 heterocycles. The molecule has 3 rings (SSSR count). The molecule has 0 aliphatic carbocycles. The molecule has 0 unspecified atom stereocenters. The first kappa shape index (κ1) is 12.4. The Morgan fingerprint density at radius 1 is 0.947 bits per heavy atom. The Morgan fingerprint density at radius 3 is 2.47 bits per heavy atom. The molecule has 19 heavy (non-hydrogen) atoms. The SMILES string of the molecule is Cc1cc2nc(-c3cc(Br)ccc3C)[nH]c2cc1C. The molecule has 0 radical (unpaired) electrons. The molecule has 0 aliphatic heterocycles. The molecule has 96 valence electrons. The van der Waals surface area contributed by atoms with Gasteiger partial charge in [0.1, 0.15) is 5.82 Å². The minimum atomic E-state index is 0.929. The number of halogens is 1. The summed E-state index contributed by atoms with van der Waals surface area (Å²) in [7, 11) is 0. The summed E-state index contributed by atoms with van der Waals surface area (Å²) in [5, 5.41) is 0. The fourth-order valence-corrected chi connectivity index (χ4v) is 2.61. The van der Waals surface area contributed by atoms with Gasteiger partial charge >= 0.3 is 0 Å². The number of nitrogens with one attached hydrogen (secondary N) is 1. The first-order valence-electron chi connectivity index (χ1n) is 6.28. The standard InChI is InChI=1S/C16H15BrN2/c1-9-4-5-12(17)8-13(9)16-18-14-6-10(2)11(3)7-15(14)19-16/h4-8H,1-3H3,(H,18,19). The first-order chi connectivity index (χ1) is 9.04. The van der Waals surface area contributed by atoms with E-state index >= 15 is 0 Å². The topological polar surface area (TPSA) is 28.7 Å². The predicted octanol–water partition coefficient (Wildman–Crippen LogP) is 4.92. The predicted molar refractivity (Wildman–Crippen MR) is 83.4 cm³/mol. The van der Waals surface area contributed by atoms with Gasteiger partial charge in [0, 0.05) is 10.0 Å². The van der Waals surface area contributed by atoms with Gasteiger partial charge in [0.25, 0.3) is 0 Å². The molecule has 0 saturated carbocycles. The molecule has 1 N–H and O–H groups in total. The number of hydrogen-bond donors (Lipinski definition) is 1. The van der Waals surface area contributed by atoms with Gasteiger partial charge in [-0.2, -0.15) is 0 Å². The summed E-state index contributed by atoms with van der Waals surface area (Å²) in [6.45, 7) is 6.35. The molecule has 0 fully saturated rings. The van der Waals surface area contributed by atoms with E-state index in [2.05, 4.69) is 72.0 Å². The molecule has 2 nitrogen and oxygen atoms in total. The normalized spacial score (nSPS) is 11.2. The van der Waals surface area contributed by atoms with Crippen LogP contribution in [-0.2, 0) is 0 Å². The second-order valence-corrected chi connectivity index (χ2v) is 5.91. The zero-order chi connectivity index (χ0) is 13.6. The van der Waals surface area contributed by atoms with Crippen molar-refractivity contribution in [3.05, 3.63) is 51.5 Å². The second kappa shape index (κ2) is 4.49. The van der Waals surface area contributed by atoms with Crippen LogP contribution < -0.4 is 0 Å². The van der Waals surface area contributed by atoms with Crippen LogP contribution in [0.25, 0.3) is 22.4 Å². The zero-order valence-electron chi connectivity index (χ0n) is 11.2. The van der Waals surface area contributed by atoms with Gasteiger partial charge in [0.05, 0.1) is 11.0 Å². The van der Waals surface area contributed by atoms with Crippen molar-refractivity contribution < 1.29 is 0 Å². The molecule has 2 aromatic carbocycles. The van der Waals surface area contributed by atoms with Crippen LogP contribution in [0.4, 0.5) is 0 Å². The van der Waals surface area contributed by atoms with Crippen molar-refractivity contribution in [2.45, 2.75) is 20.8 Å². The molecule has 0 saturated heterocycles. The van der Waals surface area contributed by atoms with E-state index in [9.17, 15) is 0 Å². The molecule has 1 aromatic heterocycles. The highest BCUT2D eigenvalue weighted by atomic mass is 79.9. The molecule has 3 heteroatoms. The van der Waals surface area contributed by atoms with Crippen LogP contribution in [-0.4, -0.2) is 9.97 Å². The first-order valence-corrected chi connectivity index (χ1v) is 7.07. The van der Waals surface area contributed by atoms with E-state index < -0.39 is 0 Å². The van der Waals surface area contributed by atoms with Crippen LogP contribution >= 0.6 is 15.9 Å². The van der Waals surface area contributed by atoms with Gasteiger partial charge in [-0.05, 0) is 61.7 Å². The lowest BCUT2D eigenvalue weighted by Crippen LogP contribution is -1.85. The monoisotopic (exact) mass is 314 g/mol. The third-order valence-corrected chi connectivity index (χ3v) is 4.05. The van der Waals surface area contributed by atoms with Crippen LogP contribution in [0.5, 0.6) is 0 Å². The van der Waals surface area contributed by atoms with E-state index in [0.717, 1.165) is 26.9 Å². The van der Waals surface area contributed by atoms with Crippen LogP contribution in [0.3, 0.4) is 0 Å². The van der Waals surface area contributed by atoms with Crippen molar-refractivity contribution in [3.63, 3.8) is 0 Å². The highest BCUT2D eigenvalue weighted by Gasteiger charge is 2.09. The number of aromatic amines is 1. The number of imidazole rings is 1. The molecule has 0 amide bonds. The van der Waals surface area contributed by atoms with Crippen LogP contribution in [0.1, 0.15) is 16.7 Å². The van der Waals surface area contributed by atoms with Crippen molar-refractivity contribution >= 4 is 27.0 Å². The fourth-order valence-electron chi connectivity index (χ4n) is 2.25. The highest BCUT2D eigenvalue weighted by Crippen LogP contribution is 2.27. The van der Waals surface area contributed by atoms with Crippen molar-refractivity contribution in [1.29, 1.82) is 0 Å². The summed E-state index contributed by atoms with van der Waals surface area (Å²) < 4.78 is 1.07. The Morgan fingerprint density at radius 2 is 1.68 bits per heavy atom. The van der Waals surface area contributed by atoms with E-state index in [-0.39, 0.29) is 0 Å². The lowest BCUT2D eigenvalue weighted by molar-refractivity contribution is 1.30. The summed E-state index contributed by atoms with van der Waals surface area (Å²) in [6, 6.07) is 10.6. The molecular weight excluding hydrogens is 300 g/mol. The van der Waals surface area contributed by atoms with Crippen molar-refractivity contribution in [2.75, 3.05) is 0 Å². The van der Waals surface area contributed by atoms with Crippen LogP contribution in [0.2, 0.25) is 0 Å². The van der Waals surface area contributed by atoms with Crippen molar-refractivity contribution in [2.24, 2.45) is 0 Å². The van der Waals surface area contributed by atoms with Crippen molar-refractivity contribution in [1.82, 2.24) is 9.97 Å². The van der Waals surface area contributed by atoms with E-state index in [1.165, 1.54) is 16.7 Å². The third-order valence-electron chi connectivity index (χ3n) is 3.55. The summed E-state index contributed by atoms with van der Waals surface area (Å²) >= 11 is 3.52. The van der Waals surface area contributed by atoms with Crippen molar-refractivity contribution in [3.8, 4) is 11.4 Å². The summed E-state index contributed by atoms with van der Waals surface area (Å²) in [5.41, 5.74) is 7.04. The molecule has 0 bridgehead atoms. The van der Waals surface area contributed by atoms with Crippen LogP contribution in [0.15, 0.2) is 34.8 Å². The molecule has 3 aromatic rings. The molecule has 0 spiro atoms. The van der Waals surface area contributed by atoms with Gasteiger partial charge in [-0.15, -0.1) is 0 Å². The average Bonchev–Trinajstić information content (AvgIpc) is 2.75. The maximum Gasteiger partial charge on any atom is 0.138 e. The molecule has 0 aliphatic rings. The number of aryl methyl sites for hydroxylation is 3. The van der Waals surface area contributed by atoms with Gasteiger partial charge < -0.3 is 4.98 Å². The maximum absolute atomic E-state index is 4.71. The minimum absolute atomic E-state index is 0.929. The second-order valence-electron chi connectivity index (χ2n) is 5.00.